The van der Waals surface area contributed by atoms with Crippen LogP contribution in [0.15, 0.2) is 192 Å². The highest BCUT2D eigenvalue weighted by molar-refractivity contribution is 6.27. The molecule has 3 aromatic heterocycles. The van der Waals surface area contributed by atoms with Gasteiger partial charge in [-0.1, -0.05) is 152 Å². The molecule has 256 valence electrons. The van der Waals surface area contributed by atoms with Gasteiger partial charge in [-0.3, -0.25) is 0 Å². The molecule has 55 heavy (non-hydrogen) atoms. The Kier molecular flexibility index (Phi) is 7.14. The average molecular weight is 702 g/mol. The van der Waals surface area contributed by atoms with Crippen molar-refractivity contribution in [2.45, 2.75) is 0 Å². The highest BCUT2D eigenvalue weighted by Gasteiger charge is 2.22. The molecule has 0 N–H and O–H groups in total. The highest BCUT2D eigenvalue weighted by Crippen LogP contribution is 2.46. The molecule has 4 nitrogen and oxygen atoms in total. The van der Waals surface area contributed by atoms with Crippen molar-refractivity contribution in [3.05, 3.63) is 188 Å². The number of rotatable bonds is 5. The van der Waals surface area contributed by atoms with Crippen LogP contribution in [0.4, 0.5) is 0 Å². The average Bonchev–Trinajstić information content (AvgIpc) is 3.64. The third kappa shape index (κ3) is 5.19. The second-order valence-electron chi connectivity index (χ2n) is 13.9. The van der Waals surface area contributed by atoms with Gasteiger partial charge in [-0.15, -0.1) is 0 Å². The van der Waals surface area contributed by atoms with Crippen molar-refractivity contribution >= 4 is 54.5 Å². The van der Waals surface area contributed by atoms with Crippen molar-refractivity contribution in [3.8, 4) is 56.2 Å². The van der Waals surface area contributed by atoms with E-state index in [-0.39, 0.29) is 0 Å². The monoisotopic (exact) mass is 701 g/mol. The van der Waals surface area contributed by atoms with Gasteiger partial charge in [0, 0.05) is 54.6 Å². The molecule has 0 unspecified atom stereocenters. The fourth-order valence-corrected chi connectivity index (χ4v) is 8.14. The molecule has 0 saturated heterocycles. The molecule has 8 aromatic carbocycles. The topological polar surface area (TPSA) is 51.8 Å². The summed E-state index contributed by atoms with van der Waals surface area (Å²) in [5.41, 5.74) is 13.0. The first-order chi connectivity index (χ1) is 27.3. The van der Waals surface area contributed by atoms with Gasteiger partial charge >= 0.3 is 0 Å². The molecule has 0 spiro atoms. The van der Waals surface area contributed by atoms with Crippen molar-refractivity contribution in [2.75, 3.05) is 0 Å². The number of nitrogens with zero attached hydrogens (tertiary/aromatic N) is 3. The summed E-state index contributed by atoms with van der Waals surface area (Å²) in [6, 6.07) is 65.5. The van der Waals surface area contributed by atoms with Crippen LogP contribution in [0, 0.1) is 0 Å². The van der Waals surface area contributed by atoms with Crippen molar-refractivity contribution in [1.82, 2.24) is 15.0 Å². The lowest BCUT2D eigenvalue weighted by atomic mass is 9.89. The second kappa shape index (κ2) is 12.6. The van der Waals surface area contributed by atoms with Crippen LogP contribution in [0.2, 0.25) is 0 Å². The number of fused-ring (bicyclic) bond motifs is 7. The summed E-state index contributed by atoms with van der Waals surface area (Å²) in [5.74, 6) is 0.712. The molecule has 0 aliphatic rings. The molecule has 0 fully saturated rings. The first-order valence-electron chi connectivity index (χ1n) is 18.5. The van der Waals surface area contributed by atoms with Gasteiger partial charge in [0.05, 0.1) is 22.4 Å². The molecule has 0 bridgehead atoms. The third-order valence-corrected chi connectivity index (χ3v) is 10.6. The lowest BCUT2D eigenvalue weighted by Gasteiger charge is -2.16. The van der Waals surface area contributed by atoms with E-state index in [1.54, 1.807) is 0 Å². The maximum absolute atomic E-state index is 6.60. The Balaban J connectivity index is 1.13. The van der Waals surface area contributed by atoms with Crippen LogP contribution in [0.1, 0.15) is 0 Å². The van der Waals surface area contributed by atoms with Gasteiger partial charge in [-0.05, 0) is 53.1 Å². The summed E-state index contributed by atoms with van der Waals surface area (Å²) in [4.78, 5) is 15.5. The Morgan fingerprint density at radius 2 is 0.836 bits per heavy atom. The van der Waals surface area contributed by atoms with Crippen molar-refractivity contribution in [2.24, 2.45) is 0 Å². The number of aromatic nitrogens is 3. The van der Waals surface area contributed by atoms with E-state index in [9.17, 15) is 0 Å². The summed E-state index contributed by atoms with van der Waals surface area (Å²) < 4.78 is 6.60. The van der Waals surface area contributed by atoms with Gasteiger partial charge in [0.1, 0.15) is 11.2 Å². The van der Waals surface area contributed by atoms with E-state index >= 15 is 0 Å². The molecule has 0 aliphatic heterocycles. The number of furan rings is 1. The summed E-state index contributed by atoms with van der Waals surface area (Å²) in [7, 11) is 0. The van der Waals surface area contributed by atoms with E-state index in [4.69, 9.17) is 19.4 Å². The summed E-state index contributed by atoms with van der Waals surface area (Å²) >= 11 is 0. The smallest absolute Gasteiger partial charge is 0.160 e. The zero-order valence-corrected chi connectivity index (χ0v) is 29.6. The second-order valence-corrected chi connectivity index (χ2v) is 13.9. The molecule has 0 saturated carbocycles. The van der Waals surface area contributed by atoms with Crippen LogP contribution in [0.3, 0.4) is 0 Å². The van der Waals surface area contributed by atoms with E-state index < -0.39 is 0 Å². The maximum Gasteiger partial charge on any atom is 0.160 e. The molecular formula is C51H31N3O. The highest BCUT2D eigenvalue weighted by atomic mass is 16.3. The summed E-state index contributed by atoms with van der Waals surface area (Å²) in [6.45, 7) is 0. The molecule has 0 aliphatic carbocycles. The number of hydrogen-bond donors (Lipinski definition) is 0. The van der Waals surface area contributed by atoms with Crippen LogP contribution in [-0.4, -0.2) is 15.0 Å². The minimum Gasteiger partial charge on any atom is -0.456 e. The molecular weight excluding hydrogens is 671 g/mol. The Bertz CT molecular complexity index is 3260. The van der Waals surface area contributed by atoms with E-state index in [0.717, 1.165) is 99.5 Å². The van der Waals surface area contributed by atoms with Gasteiger partial charge in [0.15, 0.2) is 5.82 Å². The summed E-state index contributed by atoms with van der Waals surface area (Å²) in [6.07, 6.45) is 0. The van der Waals surface area contributed by atoms with Crippen molar-refractivity contribution in [1.29, 1.82) is 0 Å². The van der Waals surface area contributed by atoms with Crippen LogP contribution in [-0.2, 0) is 0 Å². The van der Waals surface area contributed by atoms with Gasteiger partial charge in [-0.2, -0.15) is 0 Å². The first kappa shape index (κ1) is 31.1. The predicted molar refractivity (Wildman–Crippen MR) is 227 cm³/mol. The van der Waals surface area contributed by atoms with Crippen LogP contribution in [0.5, 0.6) is 0 Å². The first-order valence-corrected chi connectivity index (χ1v) is 18.5. The minimum atomic E-state index is 0.712. The van der Waals surface area contributed by atoms with E-state index in [1.165, 1.54) is 5.39 Å². The molecule has 4 heteroatoms. The van der Waals surface area contributed by atoms with E-state index in [0.29, 0.717) is 5.82 Å². The minimum absolute atomic E-state index is 0.712. The lowest BCUT2D eigenvalue weighted by Crippen LogP contribution is -1.95. The SMILES string of the molecule is c1ccc(-c2nc(-c3cccc(-c4cccc(-c5nc6ccccc6c6c(-c7ccccc7)c7c(cc56)oc5ccccc57)c4)c3)c3ccccc3n2)cc1. The molecule has 11 rings (SSSR count). The Labute approximate surface area is 317 Å². The summed E-state index contributed by atoms with van der Waals surface area (Å²) in [5, 5.41) is 6.58. The van der Waals surface area contributed by atoms with Gasteiger partial charge < -0.3 is 4.42 Å². The number of pyridine rings is 1. The van der Waals surface area contributed by atoms with Crippen LogP contribution >= 0.6 is 0 Å². The normalized spacial score (nSPS) is 11.6. The van der Waals surface area contributed by atoms with Crippen molar-refractivity contribution < 1.29 is 4.42 Å². The molecule has 11 aromatic rings. The number of para-hydroxylation sites is 3. The van der Waals surface area contributed by atoms with Crippen LogP contribution in [0.25, 0.3) is 111 Å². The molecule has 3 heterocycles. The number of hydrogen-bond acceptors (Lipinski definition) is 4. The van der Waals surface area contributed by atoms with Gasteiger partial charge in [0.25, 0.3) is 0 Å². The van der Waals surface area contributed by atoms with Gasteiger partial charge in [-0.25, -0.2) is 15.0 Å². The predicted octanol–water partition coefficient (Wildman–Crippen LogP) is 13.6. The fraction of sp³-hybridized carbons (Fsp3) is 0. The molecule has 0 amide bonds. The van der Waals surface area contributed by atoms with E-state index in [1.807, 2.05) is 36.4 Å². The van der Waals surface area contributed by atoms with E-state index in [2.05, 4.69) is 152 Å². The van der Waals surface area contributed by atoms with Crippen LogP contribution < -0.4 is 0 Å². The zero-order chi connectivity index (χ0) is 36.3. The standard InChI is InChI=1S/C51H31N3O/c1-3-15-32(16-4-1)46-47-38-23-7-10-26-42(38)52-50(41(47)31-45-48(46)40-25-9-12-28-44(40)55-45)37-22-14-20-35(30-37)34-19-13-21-36(29-34)49-39-24-8-11-27-43(39)53-51(54-49)33-17-5-2-6-18-33/h1-31H. The Hall–Kier alpha value is -7.43. The van der Waals surface area contributed by atoms with Gasteiger partial charge in [0.2, 0.25) is 0 Å². The Morgan fingerprint density at radius 1 is 0.309 bits per heavy atom. The quantitative estimate of drug-likeness (QED) is 0.168. The lowest BCUT2D eigenvalue weighted by molar-refractivity contribution is 0.669. The Morgan fingerprint density at radius 3 is 1.55 bits per heavy atom. The number of benzene rings is 8. The molecule has 0 radical (unpaired) electrons. The maximum atomic E-state index is 6.60. The zero-order valence-electron chi connectivity index (χ0n) is 29.6. The largest absolute Gasteiger partial charge is 0.456 e. The molecule has 0 atom stereocenters. The third-order valence-electron chi connectivity index (χ3n) is 10.6. The van der Waals surface area contributed by atoms with Crippen molar-refractivity contribution in [3.63, 3.8) is 0 Å². The fourth-order valence-electron chi connectivity index (χ4n) is 8.14.